The van der Waals surface area contributed by atoms with E-state index < -0.39 is 0 Å². The van der Waals surface area contributed by atoms with Gasteiger partial charge in [0, 0.05) is 23.7 Å². The second-order valence-corrected chi connectivity index (χ2v) is 7.85. The molecule has 0 radical (unpaired) electrons. The Morgan fingerprint density at radius 1 is 0.966 bits per heavy atom. The van der Waals surface area contributed by atoms with Gasteiger partial charge in [-0.05, 0) is 87.1 Å². The van der Waals surface area contributed by atoms with E-state index in [9.17, 15) is 9.59 Å². The first kappa shape index (κ1) is 19.1. The number of aryl methyl sites for hydroxylation is 5. The lowest BCUT2D eigenvalue weighted by atomic mass is 9.93. The molecular formula is C24H24N2O3. The summed E-state index contributed by atoms with van der Waals surface area (Å²) in [5, 5.41) is 0. The van der Waals surface area contributed by atoms with Crippen LogP contribution in [0, 0.1) is 27.7 Å². The fourth-order valence-corrected chi connectivity index (χ4v) is 3.95. The Kier molecular flexibility index (Phi) is 4.61. The number of aromatic nitrogens is 2. The van der Waals surface area contributed by atoms with Gasteiger partial charge in [-0.15, -0.1) is 0 Å². The molecule has 5 heteroatoms. The third-order valence-corrected chi connectivity index (χ3v) is 5.66. The molecule has 0 saturated carbocycles. The molecule has 1 aliphatic rings. The zero-order valence-electron chi connectivity index (χ0n) is 17.4. The number of hydrogen-bond donors (Lipinski definition) is 0. The number of carbonyl (C=O) groups excluding carboxylic acids is 1. The van der Waals surface area contributed by atoms with Crippen LogP contribution in [-0.4, -0.2) is 15.3 Å². The molecule has 2 aromatic carbocycles. The van der Waals surface area contributed by atoms with Crippen LogP contribution in [0.2, 0.25) is 0 Å². The lowest BCUT2D eigenvalue weighted by molar-refractivity contribution is 0.101. The minimum Gasteiger partial charge on any atom is -0.438 e. The monoisotopic (exact) mass is 388 g/mol. The SMILES string of the molecule is CC(=O)c1cc(C)c(Oc2cc3n(c(=O)n2)CCc2cc(C)c(C)cc2-3)c(C)c1. The van der Waals surface area contributed by atoms with Crippen molar-refractivity contribution >= 4 is 5.78 Å². The summed E-state index contributed by atoms with van der Waals surface area (Å²) in [6.07, 6.45) is 0.815. The van der Waals surface area contributed by atoms with Crippen molar-refractivity contribution in [3.8, 4) is 22.9 Å². The number of carbonyl (C=O) groups is 1. The lowest BCUT2D eigenvalue weighted by Gasteiger charge is -2.23. The predicted octanol–water partition coefficient (Wildman–Crippen LogP) is 4.69. The van der Waals surface area contributed by atoms with Crippen LogP contribution >= 0.6 is 0 Å². The molecule has 4 rings (SSSR count). The van der Waals surface area contributed by atoms with E-state index in [-0.39, 0.29) is 17.4 Å². The molecule has 0 saturated heterocycles. The van der Waals surface area contributed by atoms with E-state index in [1.54, 1.807) is 23.6 Å². The number of ketones is 1. The smallest absolute Gasteiger partial charge is 0.351 e. The molecule has 0 aliphatic carbocycles. The average Bonchev–Trinajstić information content (AvgIpc) is 2.65. The van der Waals surface area contributed by atoms with Crippen molar-refractivity contribution in [3.05, 3.63) is 74.2 Å². The molecule has 148 valence electrons. The molecule has 1 aromatic heterocycles. The molecule has 0 N–H and O–H groups in total. The Balaban J connectivity index is 1.81. The predicted molar refractivity (Wildman–Crippen MR) is 113 cm³/mol. The van der Waals surface area contributed by atoms with E-state index in [0.29, 0.717) is 17.9 Å². The van der Waals surface area contributed by atoms with Gasteiger partial charge in [-0.1, -0.05) is 6.07 Å². The van der Waals surface area contributed by atoms with Crippen molar-refractivity contribution < 1.29 is 9.53 Å². The van der Waals surface area contributed by atoms with E-state index in [1.165, 1.54) is 16.7 Å². The summed E-state index contributed by atoms with van der Waals surface area (Å²) in [6.45, 7) is 10.1. The molecule has 0 atom stereocenters. The van der Waals surface area contributed by atoms with Crippen LogP contribution in [0.15, 0.2) is 35.1 Å². The second-order valence-electron chi connectivity index (χ2n) is 7.85. The highest BCUT2D eigenvalue weighted by Gasteiger charge is 2.21. The van der Waals surface area contributed by atoms with Crippen LogP contribution < -0.4 is 10.4 Å². The van der Waals surface area contributed by atoms with Gasteiger partial charge in [-0.3, -0.25) is 9.36 Å². The van der Waals surface area contributed by atoms with Crippen molar-refractivity contribution in [1.82, 2.24) is 9.55 Å². The first-order chi connectivity index (χ1) is 13.7. The van der Waals surface area contributed by atoms with Crippen LogP contribution in [0.4, 0.5) is 0 Å². The number of hydrogen-bond acceptors (Lipinski definition) is 4. The molecule has 0 unspecified atom stereocenters. The molecule has 3 aromatic rings. The van der Waals surface area contributed by atoms with Crippen LogP contribution in [0.1, 0.15) is 45.1 Å². The van der Waals surface area contributed by atoms with Crippen molar-refractivity contribution in [1.29, 1.82) is 0 Å². The molecule has 2 heterocycles. The molecule has 0 spiro atoms. The van der Waals surface area contributed by atoms with Gasteiger partial charge in [0.05, 0.1) is 5.69 Å². The highest BCUT2D eigenvalue weighted by atomic mass is 16.5. The summed E-state index contributed by atoms with van der Waals surface area (Å²) in [7, 11) is 0. The summed E-state index contributed by atoms with van der Waals surface area (Å²) in [6, 6.07) is 9.78. The highest BCUT2D eigenvalue weighted by Crippen LogP contribution is 2.34. The van der Waals surface area contributed by atoms with E-state index >= 15 is 0 Å². The van der Waals surface area contributed by atoms with Crippen LogP contribution in [0.25, 0.3) is 11.3 Å². The van der Waals surface area contributed by atoms with E-state index in [1.807, 2.05) is 19.9 Å². The fraction of sp³-hybridized carbons (Fsp3) is 0.292. The highest BCUT2D eigenvalue weighted by molar-refractivity contribution is 5.94. The second kappa shape index (κ2) is 6.99. The molecule has 0 fully saturated rings. The maximum Gasteiger partial charge on any atom is 0.351 e. The summed E-state index contributed by atoms with van der Waals surface area (Å²) in [4.78, 5) is 28.5. The first-order valence-corrected chi connectivity index (χ1v) is 9.77. The van der Waals surface area contributed by atoms with Gasteiger partial charge in [-0.25, -0.2) is 4.79 Å². The quantitative estimate of drug-likeness (QED) is 0.611. The van der Waals surface area contributed by atoms with Crippen LogP contribution in [-0.2, 0) is 13.0 Å². The Hall–Kier alpha value is -3.21. The topological polar surface area (TPSA) is 61.2 Å². The van der Waals surface area contributed by atoms with Gasteiger partial charge in [0.25, 0.3) is 0 Å². The minimum absolute atomic E-state index is 0.00942. The number of benzene rings is 2. The Morgan fingerprint density at radius 2 is 1.62 bits per heavy atom. The largest absolute Gasteiger partial charge is 0.438 e. The van der Waals surface area contributed by atoms with Crippen molar-refractivity contribution in [2.24, 2.45) is 0 Å². The third kappa shape index (κ3) is 3.37. The third-order valence-electron chi connectivity index (χ3n) is 5.66. The number of fused-ring (bicyclic) bond motifs is 3. The van der Waals surface area contributed by atoms with Gasteiger partial charge in [-0.2, -0.15) is 4.98 Å². The van der Waals surface area contributed by atoms with Gasteiger partial charge in [0.2, 0.25) is 5.88 Å². The Labute approximate surface area is 170 Å². The van der Waals surface area contributed by atoms with Gasteiger partial charge >= 0.3 is 5.69 Å². The zero-order chi connectivity index (χ0) is 20.9. The Bertz CT molecular complexity index is 1200. The molecular weight excluding hydrogens is 364 g/mol. The molecule has 1 aliphatic heterocycles. The number of Topliss-reactive ketones (excluding diaryl/α,β-unsaturated/α-hetero) is 1. The molecule has 29 heavy (non-hydrogen) atoms. The maximum atomic E-state index is 12.7. The summed E-state index contributed by atoms with van der Waals surface area (Å²) >= 11 is 0. The molecule has 0 bridgehead atoms. The molecule has 0 amide bonds. The van der Waals surface area contributed by atoms with E-state index in [2.05, 4.69) is 31.0 Å². The van der Waals surface area contributed by atoms with E-state index in [0.717, 1.165) is 28.8 Å². The Morgan fingerprint density at radius 3 is 2.28 bits per heavy atom. The first-order valence-electron chi connectivity index (χ1n) is 9.77. The van der Waals surface area contributed by atoms with Crippen LogP contribution in [0.5, 0.6) is 11.6 Å². The summed E-state index contributed by atoms with van der Waals surface area (Å²) in [5.41, 5.74) is 7.58. The number of rotatable bonds is 3. The minimum atomic E-state index is -0.308. The maximum absolute atomic E-state index is 12.7. The van der Waals surface area contributed by atoms with Crippen molar-refractivity contribution in [2.75, 3.05) is 0 Å². The lowest BCUT2D eigenvalue weighted by Crippen LogP contribution is -2.28. The summed E-state index contributed by atoms with van der Waals surface area (Å²) in [5.74, 6) is 0.909. The van der Waals surface area contributed by atoms with Gasteiger partial charge in [0.15, 0.2) is 5.78 Å². The number of nitrogens with zero attached hydrogens (tertiary/aromatic N) is 2. The zero-order valence-corrected chi connectivity index (χ0v) is 17.4. The van der Waals surface area contributed by atoms with Gasteiger partial charge < -0.3 is 4.74 Å². The number of ether oxygens (including phenoxy) is 1. The summed E-state index contributed by atoms with van der Waals surface area (Å²) < 4.78 is 7.77. The normalized spacial score (nSPS) is 12.3. The average molecular weight is 388 g/mol. The van der Waals surface area contributed by atoms with Crippen molar-refractivity contribution in [2.45, 2.75) is 47.6 Å². The molecule has 5 nitrogen and oxygen atoms in total. The van der Waals surface area contributed by atoms with Crippen molar-refractivity contribution in [3.63, 3.8) is 0 Å². The van der Waals surface area contributed by atoms with Gasteiger partial charge in [0.1, 0.15) is 5.75 Å². The standard InChI is InChI=1S/C24H24N2O3/c1-13-8-18-6-7-26-21(20(18)11-14(13)2)12-22(25-24(26)28)29-23-15(3)9-19(17(5)27)10-16(23)4/h8-12H,6-7H2,1-5H3. The fourth-order valence-electron chi connectivity index (χ4n) is 3.95. The van der Waals surface area contributed by atoms with E-state index in [4.69, 9.17) is 4.74 Å². The van der Waals surface area contributed by atoms with Crippen LogP contribution in [0.3, 0.4) is 0 Å².